The van der Waals surface area contributed by atoms with Gasteiger partial charge in [0.25, 0.3) is 0 Å². The molecule has 0 saturated carbocycles. The standard InChI is InChI=1S/C10H11N/c1-2-9-7-8-5-3-4-6-10(8)11-9/h2-6,9,11H,1,7H2/t9-/m0/s1. The lowest BCUT2D eigenvalue weighted by molar-refractivity contribution is 0.927. The second kappa shape index (κ2) is 2.42. The van der Waals surface area contributed by atoms with Crippen LogP contribution in [0, 0.1) is 0 Å². The highest BCUT2D eigenvalue weighted by Gasteiger charge is 2.15. The molecule has 1 heterocycles. The highest BCUT2D eigenvalue weighted by atomic mass is 14.9. The molecule has 1 N–H and O–H groups in total. The number of fused-ring (bicyclic) bond motifs is 1. The van der Waals surface area contributed by atoms with Crippen molar-refractivity contribution in [3.05, 3.63) is 42.5 Å². The van der Waals surface area contributed by atoms with E-state index in [1.807, 2.05) is 6.08 Å². The molecule has 0 radical (unpaired) electrons. The van der Waals surface area contributed by atoms with Crippen LogP contribution in [0.3, 0.4) is 0 Å². The van der Waals surface area contributed by atoms with Crippen molar-refractivity contribution in [1.29, 1.82) is 0 Å². The molecule has 1 aromatic rings. The van der Waals surface area contributed by atoms with Crippen LogP contribution >= 0.6 is 0 Å². The summed E-state index contributed by atoms with van der Waals surface area (Å²) in [7, 11) is 0. The Morgan fingerprint density at radius 1 is 1.45 bits per heavy atom. The fourth-order valence-electron chi connectivity index (χ4n) is 1.47. The van der Waals surface area contributed by atoms with Gasteiger partial charge in [-0.2, -0.15) is 0 Å². The molecule has 0 amide bonds. The van der Waals surface area contributed by atoms with Crippen LogP contribution in [-0.4, -0.2) is 6.04 Å². The molecule has 1 heteroatoms. The van der Waals surface area contributed by atoms with Gasteiger partial charge in [0, 0.05) is 11.7 Å². The lowest BCUT2D eigenvalue weighted by atomic mass is 10.1. The third-order valence-electron chi connectivity index (χ3n) is 2.08. The number of hydrogen-bond acceptors (Lipinski definition) is 1. The first-order valence-electron chi connectivity index (χ1n) is 3.87. The summed E-state index contributed by atoms with van der Waals surface area (Å²) in [4.78, 5) is 0. The SMILES string of the molecule is C=C[C@H]1Cc2ccccc2N1. The van der Waals surface area contributed by atoms with Gasteiger partial charge in [-0.05, 0) is 18.1 Å². The maximum absolute atomic E-state index is 3.76. The van der Waals surface area contributed by atoms with E-state index in [0.29, 0.717) is 6.04 Å². The molecule has 0 spiro atoms. The van der Waals surface area contributed by atoms with Gasteiger partial charge in [-0.1, -0.05) is 24.3 Å². The first kappa shape index (κ1) is 6.47. The Bertz CT molecular complexity index is 253. The van der Waals surface area contributed by atoms with E-state index in [9.17, 15) is 0 Å². The predicted octanol–water partition coefficient (Wildman–Crippen LogP) is 2.21. The van der Waals surface area contributed by atoms with E-state index >= 15 is 0 Å². The van der Waals surface area contributed by atoms with Crippen molar-refractivity contribution >= 4 is 5.69 Å². The largest absolute Gasteiger partial charge is 0.378 e. The highest BCUT2D eigenvalue weighted by Crippen LogP contribution is 2.24. The molecule has 1 nitrogen and oxygen atoms in total. The molecule has 0 bridgehead atoms. The summed E-state index contributed by atoms with van der Waals surface area (Å²) >= 11 is 0. The second-order valence-electron chi connectivity index (χ2n) is 2.85. The maximum atomic E-state index is 3.76. The van der Waals surface area contributed by atoms with Crippen LogP contribution in [-0.2, 0) is 6.42 Å². The summed E-state index contributed by atoms with van der Waals surface area (Å²) in [5.74, 6) is 0. The Labute approximate surface area is 66.7 Å². The monoisotopic (exact) mass is 145 g/mol. The molecule has 1 aliphatic rings. The van der Waals surface area contributed by atoms with E-state index in [1.165, 1.54) is 11.3 Å². The van der Waals surface area contributed by atoms with Gasteiger partial charge >= 0.3 is 0 Å². The average Bonchev–Trinajstić information content (AvgIpc) is 2.46. The first-order chi connectivity index (χ1) is 5.40. The third kappa shape index (κ3) is 1.03. The number of benzene rings is 1. The summed E-state index contributed by atoms with van der Waals surface area (Å²) in [6, 6.07) is 8.83. The minimum Gasteiger partial charge on any atom is -0.378 e. The van der Waals surface area contributed by atoms with E-state index in [-0.39, 0.29) is 0 Å². The van der Waals surface area contributed by atoms with Gasteiger partial charge in [0.2, 0.25) is 0 Å². The molecule has 11 heavy (non-hydrogen) atoms. The second-order valence-corrected chi connectivity index (χ2v) is 2.85. The molecule has 2 rings (SSSR count). The molecule has 56 valence electrons. The Hall–Kier alpha value is -1.24. The molecule has 0 unspecified atom stereocenters. The molecule has 1 aliphatic heterocycles. The molecule has 0 saturated heterocycles. The maximum Gasteiger partial charge on any atom is 0.0483 e. The van der Waals surface area contributed by atoms with Crippen molar-refractivity contribution in [2.24, 2.45) is 0 Å². The van der Waals surface area contributed by atoms with Crippen molar-refractivity contribution in [3.63, 3.8) is 0 Å². The van der Waals surface area contributed by atoms with Crippen molar-refractivity contribution in [2.45, 2.75) is 12.5 Å². The smallest absolute Gasteiger partial charge is 0.0483 e. The average molecular weight is 145 g/mol. The summed E-state index contributed by atoms with van der Waals surface area (Å²) < 4.78 is 0. The van der Waals surface area contributed by atoms with Crippen LogP contribution in [0.4, 0.5) is 5.69 Å². The van der Waals surface area contributed by atoms with E-state index in [0.717, 1.165) is 6.42 Å². The van der Waals surface area contributed by atoms with Crippen LogP contribution in [0.25, 0.3) is 0 Å². The van der Waals surface area contributed by atoms with Crippen molar-refractivity contribution in [2.75, 3.05) is 5.32 Å². The number of anilines is 1. The Kier molecular flexibility index (Phi) is 1.42. The topological polar surface area (TPSA) is 12.0 Å². The molecule has 0 aliphatic carbocycles. The number of hydrogen-bond donors (Lipinski definition) is 1. The lowest BCUT2D eigenvalue weighted by Crippen LogP contribution is -2.10. The highest BCUT2D eigenvalue weighted by molar-refractivity contribution is 5.57. The number of nitrogens with one attached hydrogen (secondary N) is 1. The van der Waals surface area contributed by atoms with Crippen LogP contribution in [0.5, 0.6) is 0 Å². The fraction of sp³-hybridized carbons (Fsp3) is 0.200. The van der Waals surface area contributed by atoms with Gasteiger partial charge in [-0.25, -0.2) is 0 Å². The summed E-state index contributed by atoms with van der Waals surface area (Å²) in [6.45, 7) is 3.76. The summed E-state index contributed by atoms with van der Waals surface area (Å²) in [5.41, 5.74) is 2.66. The summed E-state index contributed by atoms with van der Waals surface area (Å²) in [5, 5.41) is 3.37. The van der Waals surface area contributed by atoms with Gasteiger partial charge < -0.3 is 5.32 Å². The van der Waals surface area contributed by atoms with E-state index < -0.39 is 0 Å². The zero-order chi connectivity index (χ0) is 7.68. The Balaban J connectivity index is 2.33. The molecule has 0 fully saturated rings. The van der Waals surface area contributed by atoms with E-state index in [2.05, 4.69) is 36.2 Å². The van der Waals surface area contributed by atoms with Gasteiger partial charge in [0.05, 0.1) is 0 Å². The number of rotatable bonds is 1. The van der Waals surface area contributed by atoms with Crippen LogP contribution in [0.1, 0.15) is 5.56 Å². The molecule has 1 atom stereocenters. The minimum atomic E-state index is 0.437. The first-order valence-corrected chi connectivity index (χ1v) is 3.87. The predicted molar refractivity (Wildman–Crippen MR) is 47.8 cm³/mol. The fourth-order valence-corrected chi connectivity index (χ4v) is 1.47. The van der Waals surface area contributed by atoms with Crippen LogP contribution in [0.15, 0.2) is 36.9 Å². The normalized spacial score (nSPS) is 20.5. The molecule has 0 aromatic heterocycles. The van der Waals surface area contributed by atoms with Crippen molar-refractivity contribution < 1.29 is 0 Å². The van der Waals surface area contributed by atoms with Crippen LogP contribution < -0.4 is 5.32 Å². The van der Waals surface area contributed by atoms with Gasteiger partial charge in [0.1, 0.15) is 0 Å². The van der Waals surface area contributed by atoms with E-state index in [4.69, 9.17) is 0 Å². The lowest BCUT2D eigenvalue weighted by Gasteiger charge is -2.02. The zero-order valence-electron chi connectivity index (χ0n) is 6.38. The zero-order valence-corrected chi connectivity index (χ0v) is 6.38. The van der Waals surface area contributed by atoms with Gasteiger partial charge in [-0.15, -0.1) is 6.58 Å². The van der Waals surface area contributed by atoms with Crippen molar-refractivity contribution in [3.8, 4) is 0 Å². The number of para-hydroxylation sites is 1. The van der Waals surface area contributed by atoms with Gasteiger partial charge in [0.15, 0.2) is 0 Å². The minimum absolute atomic E-state index is 0.437. The van der Waals surface area contributed by atoms with Crippen molar-refractivity contribution in [1.82, 2.24) is 0 Å². The van der Waals surface area contributed by atoms with E-state index in [1.54, 1.807) is 0 Å². The molecular formula is C10H11N. The Morgan fingerprint density at radius 3 is 3.00 bits per heavy atom. The molecular weight excluding hydrogens is 134 g/mol. The van der Waals surface area contributed by atoms with Gasteiger partial charge in [-0.3, -0.25) is 0 Å². The summed E-state index contributed by atoms with van der Waals surface area (Å²) in [6.07, 6.45) is 3.04. The Morgan fingerprint density at radius 2 is 2.27 bits per heavy atom. The molecule has 1 aromatic carbocycles. The van der Waals surface area contributed by atoms with Crippen LogP contribution in [0.2, 0.25) is 0 Å². The third-order valence-corrected chi connectivity index (χ3v) is 2.08. The quantitative estimate of drug-likeness (QED) is 0.597.